The van der Waals surface area contributed by atoms with E-state index in [0.717, 1.165) is 12.3 Å². The minimum Gasteiger partial charge on any atom is -0.386 e. The van der Waals surface area contributed by atoms with Crippen LogP contribution in [0.1, 0.15) is 50.2 Å². The lowest BCUT2D eigenvalue weighted by molar-refractivity contribution is 0.104. The molecule has 1 saturated carbocycles. The molecule has 0 unspecified atom stereocenters. The van der Waals surface area contributed by atoms with Gasteiger partial charge < -0.3 is 10.5 Å². The van der Waals surface area contributed by atoms with Gasteiger partial charge in [0.15, 0.2) is 0 Å². The van der Waals surface area contributed by atoms with E-state index in [9.17, 15) is 4.39 Å². The molecule has 1 aliphatic heterocycles. The molecule has 1 aliphatic carbocycles. The number of halogens is 1. The Balaban J connectivity index is 1.85. The van der Waals surface area contributed by atoms with Gasteiger partial charge in [0, 0.05) is 5.56 Å². The first kappa shape index (κ1) is 15.5. The maximum absolute atomic E-state index is 14.3. The molecule has 1 aromatic carbocycles. The Bertz CT molecular complexity index is 566. The van der Waals surface area contributed by atoms with E-state index in [1.54, 1.807) is 6.07 Å². The van der Waals surface area contributed by atoms with Crippen LogP contribution in [-0.2, 0) is 16.7 Å². The number of amidine groups is 1. The molecule has 0 spiro atoms. The van der Waals surface area contributed by atoms with Gasteiger partial charge >= 0.3 is 0 Å². The fraction of sp³-hybridized carbons (Fsp3) is 0.611. The second kappa shape index (κ2) is 6.37. The van der Waals surface area contributed by atoms with E-state index in [2.05, 4.69) is 4.99 Å². The Morgan fingerprint density at radius 1 is 1.32 bits per heavy atom. The number of hydrogen-bond acceptors (Lipinski definition) is 3. The first-order valence-electron chi connectivity index (χ1n) is 8.28. The summed E-state index contributed by atoms with van der Waals surface area (Å²) in [6, 6.07) is 5.45. The summed E-state index contributed by atoms with van der Waals surface area (Å²) in [6.45, 7) is 2.60. The molecule has 120 valence electrons. The van der Waals surface area contributed by atoms with Gasteiger partial charge in [-0.1, -0.05) is 44.2 Å². The molecule has 3 nitrogen and oxygen atoms in total. The SMILES string of the molecule is C[C@@]1(c2cc(CC3CCCCC3)ccc2F)COCC(N)=N1. The minimum absolute atomic E-state index is 0.225. The van der Waals surface area contributed by atoms with Gasteiger partial charge in [0.2, 0.25) is 0 Å². The van der Waals surface area contributed by atoms with Gasteiger partial charge in [0.25, 0.3) is 0 Å². The molecule has 1 fully saturated rings. The summed E-state index contributed by atoms with van der Waals surface area (Å²) in [5.41, 5.74) is 6.87. The van der Waals surface area contributed by atoms with E-state index in [1.807, 2.05) is 19.1 Å². The summed E-state index contributed by atoms with van der Waals surface area (Å²) in [5, 5.41) is 0. The minimum atomic E-state index is -0.713. The molecule has 0 radical (unpaired) electrons. The predicted octanol–water partition coefficient (Wildman–Crippen LogP) is 3.55. The molecule has 0 amide bonds. The standard InChI is InChI=1S/C18H25FN2O/c1-18(12-22-11-17(20)21-18)15-10-14(7-8-16(15)19)9-13-5-3-2-4-6-13/h7-8,10,13H,2-6,9,11-12H2,1H3,(H2,20,21)/t18-/m0/s1. The number of ether oxygens (including phenoxy) is 1. The van der Waals surface area contributed by atoms with Crippen molar-refractivity contribution in [3.8, 4) is 0 Å². The maximum Gasteiger partial charge on any atom is 0.128 e. The summed E-state index contributed by atoms with van der Waals surface area (Å²) in [6.07, 6.45) is 7.62. The highest BCUT2D eigenvalue weighted by atomic mass is 19.1. The van der Waals surface area contributed by atoms with E-state index in [4.69, 9.17) is 10.5 Å². The van der Waals surface area contributed by atoms with E-state index >= 15 is 0 Å². The predicted molar refractivity (Wildman–Crippen MR) is 86.5 cm³/mol. The number of hydrogen-bond donors (Lipinski definition) is 1. The van der Waals surface area contributed by atoms with E-state index in [1.165, 1.54) is 37.7 Å². The monoisotopic (exact) mass is 304 g/mol. The molecule has 22 heavy (non-hydrogen) atoms. The Labute approximate surface area is 131 Å². The summed E-state index contributed by atoms with van der Waals surface area (Å²) < 4.78 is 19.8. The van der Waals surface area contributed by atoms with Crippen LogP contribution in [0, 0.1) is 11.7 Å². The quantitative estimate of drug-likeness (QED) is 0.928. The maximum atomic E-state index is 14.3. The van der Waals surface area contributed by atoms with Crippen molar-refractivity contribution in [3.63, 3.8) is 0 Å². The Morgan fingerprint density at radius 3 is 2.82 bits per heavy atom. The van der Waals surface area contributed by atoms with E-state index < -0.39 is 5.54 Å². The van der Waals surface area contributed by atoms with Crippen LogP contribution >= 0.6 is 0 Å². The molecular formula is C18H25FN2O. The molecule has 0 saturated heterocycles. The Morgan fingerprint density at radius 2 is 2.09 bits per heavy atom. The van der Waals surface area contributed by atoms with E-state index in [0.29, 0.717) is 24.6 Å². The zero-order chi connectivity index (χ0) is 15.6. The van der Waals surface area contributed by atoms with Crippen molar-refractivity contribution in [2.75, 3.05) is 13.2 Å². The molecule has 2 aliphatic rings. The van der Waals surface area contributed by atoms with Gasteiger partial charge in [-0.25, -0.2) is 4.39 Å². The lowest BCUT2D eigenvalue weighted by Gasteiger charge is -2.31. The molecule has 1 aromatic rings. The molecule has 1 heterocycles. The molecular weight excluding hydrogens is 279 g/mol. The van der Waals surface area contributed by atoms with Crippen LogP contribution in [-0.4, -0.2) is 19.0 Å². The van der Waals surface area contributed by atoms with Crippen LogP contribution in [0.2, 0.25) is 0 Å². The fourth-order valence-corrected chi connectivity index (χ4v) is 3.71. The molecule has 1 atom stereocenters. The van der Waals surface area contributed by atoms with Crippen LogP contribution in [0.15, 0.2) is 23.2 Å². The van der Waals surface area contributed by atoms with Crippen LogP contribution in [0.5, 0.6) is 0 Å². The second-order valence-electron chi connectivity index (χ2n) is 6.89. The summed E-state index contributed by atoms with van der Waals surface area (Å²) in [5.74, 6) is 0.943. The van der Waals surface area contributed by atoms with Crippen molar-refractivity contribution in [2.24, 2.45) is 16.6 Å². The fourth-order valence-electron chi connectivity index (χ4n) is 3.71. The van der Waals surface area contributed by atoms with Gasteiger partial charge in [0.05, 0.1) is 6.61 Å². The Kier molecular flexibility index (Phi) is 4.48. The highest BCUT2D eigenvalue weighted by Crippen LogP contribution is 2.33. The average Bonchev–Trinajstić information content (AvgIpc) is 2.50. The van der Waals surface area contributed by atoms with Gasteiger partial charge in [0.1, 0.15) is 23.8 Å². The smallest absolute Gasteiger partial charge is 0.128 e. The second-order valence-corrected chi connectivity index (χ2v) is 6.89. The third-order valence-corrected chi connectivity index (χ3v) is 4.88. The number of aliphatic imine (C=N–C) groups is 1. The van der Waals surface area contributed by atoms with Crippen molar-refractivity contribution in [2.45, 2.75) is 51.0 Å². The third kappa shape index (κ3) is 3.32. The topological polar surface area (TPSA) is 47.6 Å². The van der Waals surface area contributed by atoms with Crippen LogP contribution in [0.4, 0.5) is 4.39 Å². The van der Waals surface area contributed by atoms with Crippen molar-refractivity contribution in [1.29, 1.82) is 0 Å². The zero-order valence-corrected chi connectivity index (χ0v) is 13.3. The van der Waals surface area contributed by atoms with Crippen molar-refractivity contribution in [1.82, 2.24) is 0 Å². The van der Waals surface area contributed by atoms with Crippen molar-refractivity contribution < 1.29 is 9.13 Å². The highest BCUT2D eigenvalue weighted by molar-refractivity contribution is 5.82. The molecule has 2 N–H and O–H groups in total. The molecule has 0 bridgehead atoms. The zero-order valence-electron chi connectivity index (χ0n) is 13.3. The summed E-state index contributed by atoms with van der Waals surface area (Å²) in [4.78, 5) is 4.46. The number of nitrogens with two attached hydrogens (primary N) is 1. The van der Waals surface area contributed by atoms with Gasteiger partial charge in [-0.15, -0.1) is 0 Å². The third-order valence-electron chi connectivity index (χ3n) is 4.88. The average molecular weight is 304 g/mol. The Hall–Kier alpha value is -1.42. The molecule has 4 heteroatoms. The van der Waals surface area contributed by atoms with Gasteiger partial charge in [-0.3, -0.25) is 4.99 Å². The first-order chi connectivity index (χ1) is 10.6. The molecule has 3 rings (SSSR count). The van der Waals surface area contributed by atoms with Gasteiger partial charge in [-0.2, -0.15) is 0 Å². The number of rotatable bonds is 3. The normalized spacial score (nSPS) is 26.7. The lowest BCUT2D eigenvalue weighted by Crippen LogP contribution is -2.38. The number of nitrogens with zero attached hydrogens (tertiary/aromatic N) is 1. The lowest BCUT2D eigenvalue weighted by atomic mass is 9.83. The largest absolute Gasteiger partial charge is 0.386 e. The summed E-state index contributed by atoms with van der Waals surface area (Å²) in [7, 11) is 0. The van der Waals surface area contributed by atoms with Crippen LogP contribution in [0.25, 0.3) is 0 Å². The highest BCUT2D eigenvalue weighted by Gasteiger charge is 2.32. The van der Waals surface area contributed by atoms with Crippen LogP contribution < -0.4 is 5.73 Å². The van der Waals surface area contributed by atoms with Crippen LogP contribution in [0.3, 0.4) is 0 Å². The van der Waals surface area contributed by atoms with Crippen molar-refractivity contribution >= 4 is 5.84 Å². The number of benzene rings is 1. The van der Waals surface area contributed by atoms with Crippen molar-refractivity contribution in [3.05, 3.63) is 35.1 Å². The summed E-state index contributed by atoms with van der Waals surface area (Å²) >= 11 is 0. The molecule has 0 aromatic heterocycles. The van der Waals surface area contributed by atoms with E-state index in [-0.39, 0.29) is 5.82 Å². The first-order valence-corrected chi connectivity index (χ1v) is 8.28. The van der Waals surface area contributed by atoms with Gasteiger partial charge in [-0.05, 0) is 30.9 Å².